The minimum absolute atomic E-state index is 0.679. The van der Waals surface area contributed by atoms with E-state index < -0.39 is 0 Å². The van der Waals surface area contributed by atoms with Gasteiger partial charge in [-0.25, -0.2) is 4.98 Å². The van der Waals surface area contributed by atoms with Gasteiger partial charge in [-0.3, -0.25) is 0 Å². The van der Waals surface area contributed by atoms with E-state index in [0.717, 1.165) is 18.8 Å². The summed E-state index contributed by atoms with van der Waals surface area (Å²) in [6.07, 6.45) is 5.43. The number of rotatable bonds is 4. The van der Waals surface area contributed by atoms with Gasteiger partial charge >= 0.3 is 0 Å². The van der Waals surface area contributed by atoms with Crippen LogP contribution in [0, 0.1) is 0 Å². The van der Waals surface area contributed by atoms with E-state index in [9.17, 15) is 0 Å². The van der Waals surface area contributed by atoms with Crippen LogP contribution in [0.3, 0.4) is 0 Å². The van der Waals surface area contributed by atoms with Gasteiger partial charge in [0.2, 0.25) is 0 Å². The molecular formula is C11H16ClN3. The molecule has 1 atom stereocenters. The molecule has 15 heavy (non-hydrogen) atoms. The van der Waals surface area contributed by atoms with Crippen LogP contribution < -0.4 is 10.6 Å². The largest absolute Gasteiger partial charge is 0.370 e. The van der Waals surface area contributed by atoms with Crippen LogP contribution in [0.25, 0.3) is 0 Å². The highest BCUT2D eigenvalue weighted by molar-refractivity contribution is 6.30. The minimum Gasteiger partial charge on any atom is -0.370 e. The molecule has 1 saturated heterocycles. The van der Waals surface area contributed by atoms with E-state index in [1.54, 1.807) is 6.20 Å². The molecule has 2 rings (SSSR count). The van der Waals surface area contributed by atoms with Gasteiger partial charge in [0.05, 0.1) is 5.02 Å². The van der Waals surface area contributed by atoms with Crippen LogP contribution in [0.2, 0.25) is 5.02 Å². The quantitative estimate of drug-likeness (QED) is 0.826. The zero-order valence-electron chi connectivity index (χ0n) is 8.67. The molecule has 3 nitrogen and oxygen atoms in total. The Bertz CT molecular complexity index is 293. The smallest absolute Gasteiger partial charge is 0.125 e. The molecule has 1 aliphatic heterocycles. The van der Waals surface area contributed by atoms with Gasteiger partial charge in [-0.05, 0) is 37.9 Å². The minimum atomic E-state index is 0.679. The summed E-state index contributed by atoms with van der Waals surface area (Å²) in [6.45, 7) is 2.14. The average molecular weight is 226 g/mol. The second-order valence-corrected chi connectivity index (χ2v) is 4.31. The highest BCUT2D eigenvalue weighted by atomic mass is 35.5. The Kier molecular flexibility index (Phi) is 3.80. The molecule has 1 aromatic heterocycles. The van der Waals surface area contributed by atoms with Crippen LogP contribution in [-0.4, -0.2) is 24.1 Å². The molecule has 0 unspecified atom stereocenters. The third kappa shape index (κ3) is 3.36. The Hall–Kier alpha value is -0.800. The Balaban J connectivity index is 1.71. The summed E-state index contributed by atoms with van der Waals surface area (Å²) in [4.78, 5) is 4.18. The average Bonchev–Trinajstić information content (AvgIpc) is 2.74. The summed E-state index contributed by atoms with van der Waals surface area (Å²) in [6, 6.07) is 4.44. The molecule has 82 valence electrons. The standard InChI is InChI=1S/C11H16ClN3/c12-9-3-4-11(15-8-9)14-7-5-10-2-1-6-13-10/h3-4,8,10,13H,1-2,5-7H2,(H,14,15)/t10-/m0/s1. The fraction of sp³-hybridized carbons (Fsp3) is 0.545. The zero-order valence-corrected chi connectivity index (χ0v) is 9.43. The van der Waals surface area contributed by atoms with Gasteiger partial charge in [-0.2, -0.15) is 0 Å². The van der Waals surface area contributed by atoms with Crippen LogP contribution >= 0.6 is 11.6 Å². The van der Waals surface area contributed by atoms with Crippen LogP contribution in [-0.2, 0) is 0 Å². The van der Waals surface area contributed by atoms with E-state index in [2.05, 4.69) is 15.6 Å². The predicted molar refractivity (Wildman–Crippen MR) is 63.4 cm³/mol. The van der Waals surface area contributed by atoms with Crippen molar-refractivity contribution in [3.05, 3.63) is 23.4 Å². The van der Waals surface area contributed by atoms with Gasteiger partial charge in [0, 0.05) is 18.8 Å². The lowest BCUT2D eigenvalue weighted by atomic mass is 10.1. The Labute approximate surface area is 95.2 Å². The van der Waals surface area contributed by atoms with E-state index in [1.807, 2.05) is 12.1 Å². The van der Waals surface area contributed by atoms with Crippen molar-refractivity contribution in [2.24, 2.45) is 0 Å². The van der Waals surface area contributed by atoms with E-state index in [0.29, 0.717) is 11.1 Å². The fourth-order valence-corrected chi connectivity index (χ4v) is 1.97. The Morgan fingerprint density at radius 1 is 1.53 bits per heavy atom. The normalized spacial score (nSPS) is 20.5. The summed E-state index contributed by atoms with van der Waals surface area (Å²) in [5.74, 6) is 0.900. The number of hydrogen-bond acceptors (Lipinski definition) is 3. The molecule has 0 aromatic carbocycles. The molecule has 0 saturated carbocycles. The van der Waals surface area contributed by atoms with Crippen LogP contribution in [0.15, 0.2) is 18.3 Å². The first-order valence-electron chi connectivity index (χ1n) is 5.43. The molecule has 4 heteroatoms. The molecule has 2 heterocycles. The van der Waals surface area contributed by atoms with E-state index in [4.69, 9.17) is 11.6 Å². The number of hydrogen-bond donors (Lipinski definition) is 2. The van der Waals surface area contributed by atoms with Crippen molar-refractivity contribution in [1.82, 2.24) is 10.3 Å². The maximum atomic E-state index is 5.75. The Morgan fingerprint density at radius 3 is 3.13 bits per heavy atom. The van der Waals surface area contributed by atoms with Crippen LogP contribution in [0.4, 0.5) is 5.82 Å². The molecule has 0 amide bonds. The number of aromatic nitrogens is 1. The molecule has 1 fully saturated rings. The number of pyridine rings is 1. The first kappa shape index (κ1) is 10.7. The van der Waals surface area contributed by atoms with E-state index in [1.165, 1.54) is 19.4 Å². The molecule has 0 radical (unpaired) electrons. The summed E-state index contributed by atoms with van der Waals surface area (Å²) in [5, 5.41) is 7.44. The highest BCUT2D eigenvalue weighted by Gasteiger charge is 2.12. The first-order valence-corrected chi connectivity index (χ1v) is 5.81. The molecule has 0 bridgehead atoms. The topological polar surface area (TPSA) is 37.0 Å². The maximum Gasteiger partial charge on any atom is 0.125 e. The second kappa shape index (κ2) is 5.33. The van der Waals surface area contributed by atoms with Crippen molar-refractivity contribution >= 4 is 17.4 Å². The summed E-state index contributed by atoms with van der Waals surface area (Å²) < 4.78 is 0. The molecular weight excluding hydrogens is 210 g/mol. The highest BCUT2D eigenvalue weighted by Crippen LogP contribution is 2.11. The molecule has 0 aliphatic carbocycles. The van der Waals surface area contributed by atoms with Crippen LogP contribution in [0.1, 0.15) is 19.3 Å². The van der Waals surface area contributed by atoms with Crippen molar-refractivity contribution in [2.45, 2.75) is 25.3 Å². The maximum absolute atomic E-state index is 5.75. The van der Waals surface area contributed by atoms with Crippen molar-refractivity contribution in [3.63, 3.8) is 0 Å². The lowest BCUT2D eigenvalue weighted by Gasteiger charge is -2.10. The van der Waals surface area contributed by atoms with Crippen molar-refractivity contribution in [3.8, 4) is 0 Å². The van der Waals surface area contributed by atoms with Gasteiger partial charge in [-0.15, -0.1) is 0 Å². The summed E-state index contributed by atoms with van der Waals surface area (Å²) in [7, 11) is 0. The third-order valence-electron chi connectivity index (χ3n) is 2.69. The van der Waals surface area contributed by atoms with Gasteiger partial charge in [0.1, 0.15) is 5.82 Å². The molecule has 1 aliphatic rings. The second-order valence-electron chi connectivity index (χ2n) is 3.87. The van der Waals surface area contributed by atoms with Gasteiger partial charge in [0.15, 0.2) is 0 Å². The predicted octanol–water partition coefficient (Wildman–Crippen LogP) is 2.29. The number of nitrogens with one attached hydrogen (secondary N) is 2. The number of halogens is 1. The molecule has 0 spiro atoms. The number of anilines is 1. The SMILES string of the molecule is Clc1ccc(NCC[C@@H]2CCCN2)nc1. The van der Waals surface area contributed by atoms with Gasteiger partial charge in [0.25, 0.3) is 0 Å². The third-order valence-corrected chi connectivity index (χ3v) is 2.91. The Morgan fingerprint density at radius 2 is 2.47 bits per heavy atom. The molecule has 1 aromatic rings. The van der Waals surface area contributed by atoms with Gasteiger partial charge < -0.3 is 10.6 Å². The zero-order chi connectivity index (χ0) is 10.5. The summed E-state index contributed by atoms with van der Waals surface area (Å²) >= 11 is 5.75. The van der Waals surface area contributed by atoms with Crippen LogP contribution in [0.5, 0.6) is 0 Å². The monoisotopic (exact) mass is 225 g/mol. The van der Waals surface area contributed by atoms with E-state index in [-0.39, 0.29) is 0 Å². The van der Waals surface area contributed by atoms with Gasteiger partial charge in [-0.1, -0.05) is 11.6 Å². The van der Waals surface area contributed by atoms with Crippen molar-refractivity contribution in [2.75, 3.05) is 18.4 Å². The van der Waals surface area contributed by atoms with E-state index >= 15 is 0 Å². The number of nitrogens with zero attached hydrogens (tertiary/aromatic N) is 1. The van der Waals surface area contributed by atoms with Crippen molar-refractivity contribution < 1.29 is 0 Å². The summed E-state index contributed by atoms with van der Waals surface area (Å²) in [5.41, 5.74) is 0. The first-order chi connectivity index (χ1) is 7.34. The molecule has 2 N–H and O–H groups in total. The van der Waals surface area contributed by atoms with Crippen molar-refractivity contribution in [1.29, 1.82) is 0 Å². The lowest BCUT2D eigenvalue weighted by molar-refractivity contribution is 0.574. The fourth-order valence-electron chi connectivity index (χ4n) is 1.86. The lowest BCUT2D eigenvalue weighted by Crippen LogP contribution is -2.24.